The highest BCUT2D eigenvalue weighted by Gasteiger charge is 2.26. The molecular weight excluding hydrogens is 299 g/mol. The molecule has 1 fully saturated rings. The van der Waals surface area contributed by atoms with Gasteiger partial charge < -0.3 is 16.0 Å². The standard InChI is InChI=1S/C14H16F3N3O2/c15-9-4-11(17)12(5-10(9)16)19-6-13(21)20-3-1-2-8(7-20)14(18)22/h4-5,8,19H,1-3,6-7H2,(H2,18,22)/t8-/m0/s1. The van der Waals surface area contributed by atoms with Crippen LogP contribution in [-0.2, 0) is 9.59 Å². The highest BCUT2D eigenvalue weighted by atomic mass is 19.2. The first-order valence-corrected chi connectivity index (χ1v) is 6.84. The summed E-state index contributed by atoms with van der Waals surface area (Å²) in [5, 5.41) is 2.43. The fourth-order valence-corrected chi connectivity index (χ4v) is 2.38. The van der Waals surface area contributed by atoms with Crippen LogP contribution >= 0.6 is 0 Å². The van der Waals surface area contributed by atoms with Crippen molar-refractivity contribution in [1.29, 1.82) is 0 Å². The maximum atomic E-state index is 13.4. The average Bonchev–Trinajstić information content (AvgIpc) is 2.49. The number of piperidine rings is 1. The molecule has 0 spiro atoms. The third kappa shape index (κ3) is 3.69. The molecule has 5 nitrogen and oxygen atoms in total. The Hall–Kier alpha value is -2.25. The van der Waals surface area contributed by atoms with E-state index in [2.05, 4.69) is 5.32 Å². The van der Waals surface area contributed by atoms with E-state index in [0.29, 0.717) is 31.5 Å². The molecule has 1 aromatic carbocycles. The van der Waals surface area contributed by atoms with Gasteiger partial charge in [0.15, 0.2) is 11.6 Å². The first-order chi connectivity index (χ1) is 10.4. The minimum Gasteiger partial charge on any atom is -0.374 e. The Morgan fingerprint density at radius 3 is 2.59 bits per heavy atom. The molecule has 2 rings (SSSR count). The number of rotatable bonds is 4. The smallest absolute Gasteiger partial charge is 0.241 e. The Kier molecular flexibility index (Phi) is 4.89. The van der Waals surface area contributed by atoms with Crippen molar-refractivity contribution in [2.75, 3.05) is 25.0 Å². The second-order valence-electron chi connectivity index (χ2n) is 5.18. The number of nitrogens with one attached hydrogen (secondary N) is 1. The molecule has 1 aromatic rings. The molecule has 0 saturated carbocycles. The first-order valence-electron chi connectivity index (χ1n) is 6.84. The van der Waals surface area contributed by atoms with Crippen LogP contribution in [0.25, 0.3) is 0 Å². The molecule has 0 unspecified atom stereocenters. The Morgan fingerprint density at radius 2 is 1.91 bits per heavy atom. The number of amides is 2. The van der Waals surface area contributed by atoms with E-state index in [9.17, 15) is 22.8 Å². The molecule has 1 heterocycles. The van der Waals surface area contributed by atoms with Gasteiger partial charge in [-0.15, -0.1) is 0 Å². The Balaban J connectivity index is 1.95. The van der Waals surface area contributed by atoms with E-state index in [0.717, 1.165) is 0 Å². The van der Waals surface area contributed by atoms with Gasteiger partial charge in [-0.05, 0) is 12.8 Å². The molecule has 0 bridgehead atoms. The average molecular weight is 315 g/mol. The second kappa shape index (κ2) is 6.67. The van der Waals surface area contributed by atoms with E-state index >= 15 is 0 Å². The molecule has 2 amide bonds. The van der Waals surface area contributed by atoms with Gasteiger partial charge in [-0.2, -0.15) is 0 Å². The van der Waals surface area contributed by atoms with Gasteiger partial charge in [0.05, 0.1) is 18.2 Å². The van der Waals surface area contributed by atoms with Gasteiger partial charge in [0, 0.05) is 25.2 Å². The Morgan fingerprint density at radius 1 is 1.23 bits per heavy atom. The number of anilines is 1. The maximum absolute atomic E-state index is 13.4. The van der Waals surface area contributed by atoms with Gasteiger partial charge in [0.1, 0.15) is 5.82 Å². The molecule has 0 aliphatic carbocycles. The van der Waals surface area contributed by atoms with E-state index in [1.165, 1.54) is 4.90 Å². The molecule has 22 heavy (non-hydrogen) atoms. The van der Waals surface area contributed by atoms with Crippen LogP contribution in [0.15, 0.2) is 12.1 Å². The van der Waals surface area contributed by atoms with Gasteiger partial charge in [-0.1, -0.05) is 0 Å². The summed E-state index contributed by atoms with van der Waals surface area (Å²) in [6.07, 6.45) is 1.28. The van der Waals surface area contributed by atoms with Crippen LogP contribution in [0.3, 0.4) is 0 Å². The van der Waals surface area contributed by atoms with E-state index < -0.39 is 29.3 Å². The van der Waals surface area contributed by atoms with Gasteiger partial charge in [-0.3, -0.25) is 9.59 Å². The van der Waals surface area contributed by atoms with Crippen LogP contribution in [0.2, 0.25) is 0 Å². The molecule has 120 valence electrons. The summed E-state index contributed by atoms with van der Waals surface area (Å²) in [6, 6.07) is 1.06. The molecule has 1 aliphatic heterocycles. The lowest BCUT2D eigenvalue weighted by Crippen LogP contribution is -2.46. The van der Waals surface area contributed by atoms with E-state index in [1.54, 1.807) is 0 Å². The molecule has 0 aromatic heterocycles. The summed E-state index contributed by atoms with van der Waals surface area (Å²) in [7, 11) is 0. The topological polar surface area (TPSA) is 75.4 Å². The predicted molar refractivity (Wildman–Crippen MR) is 73.3 cm³/mol. The Labute approximate surface area is 125 Å². The lowest BCUT2D eigenvalue weighted by atomic mass is 9.97. The number of nitrogens with two attached hydrogens (primary N) is 1. The second-order valence-corrected chi connectivity index (χ2v) is 5.18. The SMILES string of the molecule is NC(=O)[C@H]1CCCN(C(=O)CNc2cc(F)c(F)cc2F)C1. The number of carbonyl (C=O) groups excluding carboxylic acids is 2. The van der Waals surface area contributed by atoms with E-state index in [4.69, 9.17) is 5.73 Å². The van der Waals surface area contributed by atoms with Crippen molar-refractivity contribution in [3.8, 4) is 0 Å². The fourth-order valence-electron chi connectivity index (χ4n) is 2.38. The fraction of sp³-hybridized carbons (Fsp3) is 0.429. The zero-order valence-corrected chi connectivity index (χ0v) is 11.7. The predicted octanol–water partition coefficient (Wildman–Crippen LogP) is 1.24. The summed E-state index contributed by atoms with van der Waals surface area (Å²) in [5.41, 5.74) is 4.93. The van der Waals surface area contributed by atoms with Crippen LogP contribution < -0.4 is 11.1 Å². The number of benzene rings is 1. The molecule has 3 N–H and O–H groups in total. The minimum atomic E-state index is -1.30. The first kappa shape index (κ1) is 16.1. The van der Waals surface area contributed by atoms with Crippen molar-refractivity contribution in [3.05, 3.63) is 29.6 Å². The number of likely N-dealkylation sites (tertiary alicyclic amines) is 1. The van der Waals surface area contributed by atoms with E-state index in [1.807, 2.05) is 0 Å². The summed E-state index contributed by atoms with van der Waals surface area (Å²) in [5.74, 6) is -4.71. The summed E-state index contributed by atoms with van der Waals surface area (Å²) in [6.45, 7) is 0.411. The van der Waals surface area contributed by atoms with Crippen LogP contribution in [0.4, 0.5) is 18.9 Å². The number of halogens is 3. The minimum absolute atomic E-state index is 0.218. The van der Waals surface area contributed by atoms with Crippen molar-refractivity contribution in [2.45, 2.75) is 12.8 Å². The largest absolute Gasteiger partial charge is 0.374 e. The van der Waals surface area contributed by atoms with Gasteiger partial charge >= 0.3 is 0 Å². The number of nitrogens with zero attached hydrogens (tertiary/aromatic N) is 1. The normalized spacial score (nSPS) is 18.1. The van der Waals surface area contributed by atoms with Crippen LogP contribution in [0, 0.1) is 23.4 Å². The number of primary amides is 1. The molecule has 1 aliphatic rings. The highest BCUT2D eigenvalue weighted by Crippen LogP contribution is 2.19. The van der Waals surface area contributed by atoms with Gasteiger partial charge in [0.2, 0.25) is 11.8 Å². The lowest BCUT2D eigenvalue weighted by molar-refractivity contribution is -0.133. The molecule has 0 radical (unpaired) electrons. The number of hydrogen-bond donors (Lipinski definition) is 2. The van der Waals surface area contributed by atoms with Gasteiger partial charge in [-0.25, -0.2) is 13.2 Å². The van der Waals surface area contributed by atoms with Crippen molar-refractivity contribution >= 4 is 17.5 Å². The third-order valence-corrected chi connectivity index (χ3v) is 3.62. The highest BCUT2D eigenvalue weighted by molar-refractivity contribution is 5.82. The molecule has 8 heteroatoms. The lowest BCUT2D eigenvalue weighted by Gasteiger charge is -2.31. The summed E-state index contributed by atoms with van der Waals surface area (Å²) >= 11 is 0. The van der Waals surface area contributed by atoms with Crippen molar-refractivity contribution in [2.24, 2.45) is 11.7 Å². The van der Waals surface area contributed by atoms with Crippen LogP contribution in [0.1, 0.15) is 12.8 Å². The Bertz CT molecular complexity index is 595. The third-order valence-electron chi connectivity index (χ3n) is 3.62. The van der Waals surface area contributed by atoms with Gasteiger partial charge in [0.25, 0.3) is 0 Å². The van der Waals surface area contributed by atoms with E-state index in [-0.39, 0.29) is 24.7 Å². The molecule has 1 atom stereocenters. The zero-order chi connectivity index (χ0) is 16.3. The van der Waals surface area contributed by atoms with Crippen molar-refractivity contribution < 1.29 is 22.8 Å². The zero-order valence-electron chi connectivity index (χ0n) is 11.7. The molecular formula is C14H16F3N3O2. The number of carbonyl (C=O) groups is 2. The van der Waals surface area contributed by atoms with Crippen molar-refractivity contribution in [3.63, 3.8) is 0 Å². The van der Waals surface area contributed by atoms with Crippen LogP contribution in [-0.4, -0.2) is 36.3 Å². The summed E-state index contributed by atoms with van der Waals surface area (Å²) in [4.78, 5) is 24.6. The maximum Gasteiger partial charge on any atom is 0.241 e. The monoisotopic (exact) mass is 315 g/mol. The number of hydrogen-bond acceptors (Lipinski definition) is 3. The summed E-state index contributed by atoms with van der Waals surface area (Å²) < 4.78 is 39.3. The van der Waals surface area contributed by atoms with Crippen LogP contribution in [0.5, 0.6) is 0 Å². The molecule has 1 saturated heterocycles. The van der Waals surface area contributed by atoms with Crippen molar-refractivity contribution in [1.82, 2.24) is 4.90 Å². The quantitative estimate of drug-likeness (QED) is 0.821.